The average molecular weight is 295 g/mol. The molecule has 5 heteroatoms. The van der Waals surface area contributed by atoms with Crippen LogP contribution in [-0.2, 0) is 13.1 Å². The number of nitrogens with one attached hydrogen (secondary N) is 1. The van der Waals surface area contributed by atoms with E-state index in [0.717, 1.165) is 22.8 Å². The number of furan rings is 1. The van der Waals surface area contributed by atoms with Crippen LogP contribution in [0.2, 0.25) is 0 Å². The first-order chi connectivity index (χ1) is 10.7. The number of aryl methyl sites for hydroxylation is 1. The highest BCUT2D eigenvalue weighted by Crippen LogP contribution is 2.10. The van der Waals surface area contributed by atoms with Gasteiger partial charge in [-0.15, -0.1) is 0 Å². The van der Waals surface area contributed by atoms with E-state index in [2.05, 4.69) is 10.3 Å². The summed E-state index contributed by atoms with van der Waals surface area (Å²) in [4.78, 5) is 16.6. The molecule has 0 saturated carbocycles. The Morgan fingerprint density at radius 1 is 1.23 bits per heavy atom. The fourth-order valence-electron chi connectivity index (χ4n) is 2.29. The fraction of sp³-hybridized carbons (Fsp3) is 0.176. The predicted molar refractivity (Wildman–Crippen MR) is 84.8 cm³/mol. The number of aromatic nitrogens is 2. The lowest BCUT2D eigenvalue weighted by molar-refractivity contribution is 0.518. The van der Waals surface area contributed by atoms with Crippen molar-refractivity contribution in [3.8, 4) is 0 Å². The predicted octanol–water partition coefficient (Wildman–Crippen LogP) is 2.81. The number of hydrogen-bond acceptors (Lipinski definition) is 4. The SMILES string of the molecule is Cc1cc(NCc2ccco2)cc(=O)n1Cc1ccccn1. The third kappa shape index (κ3) is 3.25. The molecule has 3 aromatic rings. The van der Waals surface area contributed by atoms with Crippen molar-refractivity contribution in [1.29, 1.82) is 0 Å². The lowest BCUT2D eigenvalue weighted by Gasteiger charge is -2.12. The lowest BCUT2D eigenvalue weighted by atomic mass is 10.2. The number of nitrogens with zero attached hydrogens (tertiary/aromatic N) is 2. The zero-order valence-corrected chi connectivity index (χ0v) is 12.3. The summed E-state index contributed by atoms with van der Waals surface area (Å²) in [6.07, 6.45) is 3.36. The van der Waals surface area contributed by atoms with Crippen molar-refractivity contribution in [2.45, 2.75) is 20.0 Å². The number of anilines is 1. The van der Waals surface area contributed by atoms with Gasteiger partial charge in [0.2, 0.25) is 0 Å². The van der Waals surface area contributed by atoms with Crippen LogP contribution < -0.4 is 10.9 Å². The Bertz CT molecular complexity index is 793. The van der Waals surface area contributed by atoms with Crippen molar-refractivity contribution in [3.05, 3.63) is 82.4 Å². The highest BCUT2D eigenvalue weighted by Gasteiger charge is 2.05. The van der Waals surface area contributed by atoms with Crippen LogP contribution in [0.3, 0.4) is 0 Å². The van der Waals surface area contributed by atoms with Crippen LogP contribution in [0.4, 0.5) is 5.69 Å². The molecule has 22 heavy (non-hydrogen) atoms. The second kappa shape index (κ2) is 6.30. The van der Waals surface area contributed by atoms with E-state index in [1.807, 2.05) is 43.3 Å². The van der Waals surface area contributed by atoms with Gasteiger partial charge in [0.25, 0.3) is 5.56 Å². The topological polar surface area (TPSA) is 60.1 Å². The summed E-state index contributed by atoms with van der Waals surface area (Å²) < 4.78 is 6.97. The second-order valence-corrected chi connectivity index (χ2v) is 5.06. The molecule has 0 unspecified atom stereocenters. The molecule has 3 rings (SSSR count). The van der Waals surface area contributed by atoms with Crippen LogP contribution in [0, 0.1) is 6.92 Å². The van der Waals surface area contributed by atoms with E-state index in [4.69, 9.17) is 4.42 Å². The summed E-state index contributed by atoms with van der Waals surface area (Å²) in [5.41, 5.74) is 2.49. The zero-order chi connectivity index (χ0) is 15.4. The minimum atomic E-state index is -0.0485. The normalized spacial score (nSPS) is 10.6. The van der Waals surface area contributed by atoms with E-state index >= 15 is 0 Å². The molecular formula is C17H17N3O2. The van der Waals surface area contributed by atoms with E-state index in [1.54, 1.807) is 23.1 Å². The molecule has 0 radical (unpaired) electrons. The summed E-state index contributed by atoms with van der Waals surface area (Å²) in [6.45, 7) is 2.95. The first-order valence-electron chi connectivity index (χ1n) is 7.10. The molecular weight excluding hydrogens is 278 g/mol. The van der Waals surface area contributed by atoms with Crippen molar-refractivity contribution in [1.82, 2.24) is 9.55 Å². The maximum absolute atomic E-state index is 12.3. The summed E-state index contributed by atoms with van der Waals surface area (Å²) in [5, 5.41) is 3.20. The summed E-state index contributed by atoms with van der Waals surface area (Å²) in [6, 6.07) is 13.0. The van der Waals surface area contributed by atoms with Gasteiger partial charge in [-0.1, -0.05) is 6.07 Å². The maximum Gasteiger partial charge on any atom is 0.253 e. The van der Waals surface area contributed by atoms with Crippen LogP contribution in [0.15, 0.2) is 64.1 Å². The Labute approximate surface area is 128 Å². The van der Waals surface area contributed by atoms with E-state index in [-0.39, 0.29) is 5.56 Å². The van der Waals surface area contributed by atoms with E-state index in [1.165, 1.54) is 0 Å². The van der Waals surface area contributed by atoms with Gasteiger partial charge in [-0.25, -0.2) is 0 Å². The van der Waals surface area contributed by atoms with Crippen molar-refractivity contribution >= 4 is 5.69 Å². The third-order valence-corrected chi connectivity index (χ3v) is 3.43. The van der Waals surface area contributed by atoms with Gasteiger partial charge in [0.1, 0.15) is 5.76 Å². The highest BCUT2D eigenvalue weighted by molar-refractivity contribution is 5.43. The van der Waals surface area contributed by atoms with E-state index < -0.39 is 0 Å². The fourth-order valence-corrected chi connectivity index (χ4v) is 2.29. The molecule has 0 atom stereocenters. The van der Waals surface area contributed by atoms with Gasteiger partial charge in [0, 0.05) is 23.6 Å². The molecule has 3 heterocycles. The van der Waals surface area contributed by atoms with Crippen LogP contribution >= 0.6 is 0 Å². The number of rotatable bonds is 5. The summed E-state index contributed by atoms with van der Waals surface area (Å²) in [7, 11) is 0. The average Bonchev–Trinajstić information content (AvgIpc) is 3.03. The number of pyridine rings is 2. The second-order valence-electron chi connectivity index (χ2n) is 5.06. The highest BCUT2D eigenvalue weighted by atomic mass is 16.3. The first kappa shape index (κ1) is 14.1. The Morgan fingerprint density at radius 3 is 2.82 bits per heavy atom. The molecule has 0 aromatic carbocycles. The Kier molecular flexibility index (Phi) is 4.05. The molecule has 5 nitrogen and oxygen atoms in total. The van der Waals surface area contributed by atoms with Crippen molar-refractivity contribution < 1.29 is 4.42 Å². The first-order valence-corrected chi connectivity index (χ1v) is 7.10. The molecule has 1 N–H and O–H groups in total. The molecule has 0 amide bonds. The Balaban J connectivity index is 1.77. The van der Waals surface area contributed by atoms with Gasteiger partial charge < -0.3 is 14.3 Å². The Morgan fingerprint density at radius 2 is 2.14 bits per heavy atom. The van der Waals surface area contributed by atoms with E-state index in [0.29, 0.717) is 13.1 Å². The molecule has 0 aliphatic heterocycles. The van der Waals surface area contributed by atoms with Crippen LogP contribution in [0.1, 0.15) is 17.1 Å². The lowest BCUT2D eigenvalue weighted by Crippen LogP contribution is -2.23. The molecule has 0 spiro atoms. The van der Waals surface area contributed by atoms with Gasteiger partial charge >= 0.3 is 0 Å². The maximum atomic E-state index is 12.3. The van der Waals surface area contributed by atoms with Crippen LogP contribution in [0.5, 0.6) is 0 Å². The standard InChI is InChI=1S/C17H17N3O2/c1-13-9-15(19-11-16-6-4-8-22-16)10-17(21)20(13)12-14-5-2-3-7-18-14/h2-10,19H,11-12H2,1H3. The van der Waals surface area contributed by atoms with Gasteiger partial charge in [0.15, 0.2) is 0 Å². The Hall–Kier alpha value is -2.82. The molecule has 0 fully saturated rings. The van der Waals surface area contributed by atoms with Gasteiger partial charge in [-0.05, 0) is 37.3 Å². The molecule has 112 valence electrons. The van der Waals surface area contributed by atoms with Crippen molar-refractivity contribution in [2.24, 2.45) is 0 Å². The van der Waals surface area contributed by atoms with Crippen LogP contribution in [0.25, 0.3) is 0 Å². The third-order valence-electron chi connectivity index (χ3n) is 3.43. The molecule has 3 aromatic heterocycles. The van der Waals surface area contributed by atoms with Crippen LogP contribution in [-0.4, -0.2) is 9.55 Å². The molecule has 0 saturated heterocycles. The number of hydrogen-bond donors (Lipinski definition) is 1. The minimum absolute atomic E-state index is 0.0485. The molecule has 0 aliphatic rings. The zero-order valence-electron chi connectivity index (χ0n) is 12.3. The molecule has 0 bridgehead atoms. The quantitative estimate of drug-likeness (QED) is 0.786. The minimum Gasteiger partial charge on any atom is -0.467 e. The largest absolute Gasteiger partial charge is 0.467 e. The molecule has 0 aliphatic carbocycles. The monoisotopic (exact) mass is 295 g/mol. The summed E-state index contributed by atoms with van der Waals surface area (Å²) in [5.74, 6) is 0.829. The van der Waals surface area contributed by atoms with Gasteiger partial charge in [-0.3, -0.25) is 9.78 Å². The van der Waals surface area contributed by atoms with Crippen molar-refractivity contribution in [3.63, 3.8) is 0 Å². The smallest absolute Gasteiger partial charge is 0.253 e. The van der Waals surface area contributed by atoms with Gasteiger partial charge in [-0.2, -0.15) is 0 Å². The summed E-state index contributed by atoms with van der Waals surface area (Å²) >= 11 is 0. The van der Waals surface area contributed by atoms with Gasteiger partial charge in [0.05, 0.1) is 25.0 Å². The van der Waals surface area contributed by atoms with E-state index in [9.17, 15) is 4.79 Å². The van der Waals surface area contributed by atoms with Crippen molar-refractivity contribution in [2.75, 3.05) is 5.32 Å².